The van der Waals surface area contributed by atoms with Crippen molar-refractivity contribution in [3.8, 4) is 0 Å². The van der Waals surface area contributed by atoms with Crippen LogP contribution in [0.15, 0.2) is 57.6 Å². The van der Waals surface area contributed by atoms with Gasteiger partial charge >= 0.3 is 0 Å². The predicted molar refractivity (Wildman–Crippen MR) is 83.7 cm³/mol. The van der Waals surface area contributed by atoms with Gasteiger partial charge in [-0.15, -0.1) is 0 Å². The van der Waals surface area contributed by atoms with E-state index in [2.05, 4.69) is 45.3 Å². The molecule has 20 heavy (non-hydrogen) atoms. The molecule has 1 atom stereocenters. The predicted octanol–water partition coefficient (Wildman–Crippen LogP) is 4.29. The van der Waals surface area contributed by atoms with Gasteiger partial charge in [-0.25, -0.2) is 0 Å². The Balaban J connectivity index is 2.08. The minimum Gasteiger partial charge on any atom is -0.459 e. The maximum absolute atomic E-state index is 5.97. The van der Waals surface area contributed by atoms with Crippen LogP contribution in [0.5, 0.6) is 0 Å². The normalized spacial score (nSPS) is 12.7. The van der Waals surface area contributed by atoms with Gasteiger partial charge in [0.25, 0.3) is 0 Å². The maximum atomic E-state index is 5.97. The second kappa shape index (κ2) is 5.77. The van der Waals surface area contributed by atoms with E-state index in [-0.39, 0.29) is 6.04 Å². The zero-order valence-corrected chi connectivity index (χ0v) is 12.7. The molecule has 0 spiro atoms. The van der Waals surface area contributed by atoms with Gasteiger partial charge in [-0.3, -0.25) is 4.98 Å². The van der Waals surface area contributed by atoms with Crippen molar-refractivity contribution in [2.45, 2.75) is 13.0 Å². The summed E-state index contributed by atoms with van der Waals surface area (Å²) >= 11 is 3.56. The van der Waals surface area contributed by atoms with E-state index in [9.17, 15) is 0 Å². The zero-order valence-electron chi connectivity index (χ0n) is 11.1. The highest BCUT2D eigenvalue weighted by Crippen LogP contribution is 2.30. The molecule has 0 aliphatic carbocycles. The van der Waals surface area contributed by atoms with Crippen molar-refractivity contribution in [1.82, 2.24) is 10.3 Å². The van der Waals surface area contributed by atoms with Crippen molar-refractivity contribution >= 4 is 26.9 Å². The summed E-state index contributed by atoms with van der Waals surface area (Å²) in [6.07, 6.45) is 1.80. The molecule has 0 aliphatic rings. The Kier molecular flexibility index (Phi) is 3.85. The topological polar surface area (TPSA) is 38.1 Å². The van der Waals surface area contributed by atoms with Gasteiger partial charge in [0.05, 0.1) is 5.69 Å². The van der Waals surface area contributed by atoms with Crippen LogP contribution in [0.3, 0.4) is 0 Å². The fraction of sp³-hybridized carbons (Fsp3) is 0.188. The van der Waals surface area contributed by atoms with Gasteiger partial charge in [0, 0.05) is 16.1 Å². The first-order chi connectivity index (χ1) is 9.79. The molecule has 3 rings (SSSR count). The molecule has 4 heteroatoms. The van der Waals surface area contributed by atoms with Crippen LogP contribution in [0.4, 0.5) is 0 Å². The van der Waals surface area contributed by atoms with Crippen molar-refractivity contribution in [2.75, 3.05) is 6.54 Å². The summed E-state index contributed by atoms with van der Waals surface area (Å²) in [5.74, 6) is 0.882. The number of benzene rings is 1. The van der Waals surface area contributed by atoms with Crippen LogP contribution < -0.4 is 5.32 Å². The van der Waals surface area contributed by atoms with E-state index >= 15 is 0 Å². The van der Waals surface area contributed by atoms with E-state index in [1.165, 1.54) is 0 Å². The van der Waals surface area contributed by atoms with Crippen LogP contribution in [0.2, 0.25) is 0 Å². The second-order valence-corrected chi connectivity index (χ2v) is 5.40. The Morgan fingerprint density at radius 1 is 1.25 bits per heavy atom. The Bertz CT molecular complexity index is 690. The highest BCUT2D eigenvalue weighted by molar-refractivity contribution is 9.10. The molecule has 0 amide bonds. The summed E-state index contributed by atoms with van der Waals surface area (Å²) in [4.78, 5) is 4.47. The monoisotopic (exact) mass is 330 g/mol. The quantitative estimate of drug-likeness (QED) is 0.775. The number of pyridine rings is 1. The number of furan rings is 1. The van der Waals surface area contributed by atoms with Gasteiger partial charge in [-0.2, -0.15) is 0 Å². The van der Waals surface area contributed by atoms with E-state index in [4.69, 9.17) is 4.42 Å². The van der Waals surface area contributed by atoms with Gasteiger partial charge in [0.2, 0.25) is 0 Å². The van der Waals surface area contributed by atoms with E-state index in [0.29, 0.717) is 0 Å². The first-order valence-electron chi connectivity index (χ1n) is 6.62. The third-order valence-corrected chi connectivity index (χ3v) is 3.87. The SMILES string of the molecule is CCNC(c1cc2ccccc2o1)c1ncccc1Br. The Morgan fingerprint density at radius 3 is 2.85 bits per heavy atom. The molecule has 102 valence electrons. The average molecular weight is 331 g/mol. The molecule has 1 N–H and O–H groups in total. The molecule has 0 aliphatic heterocycles. The van der Waals surface area contributed by atoms with Crippen LogP contribution in [-0.2, 0) is 0 Å². The van der Waals surface area contributed by atoms with Crippen LogP contribution >= 0.6 is 15.9 Å². The number of hydrogen-bond acceptors (Lipinski definition) is 3. The molecule has 0 bridgehead atoms. The second-order valence-electron chi connectivity index (χ2n) is 4.55. The summed E-state index contributed by atoms with van der Waals surface area (Å²) < 4.78 is 6.95. The third kappa shape index (κ3) is 2.49. The first-order valence-corrected chi connectivity index (χ1v) is 7.41. The molecule has 0 saturated carbocycles. The number of halogens is 1. The lowest BCUT2D eigenvalue weighted by molar-refractivity contribution is 0.470. The van der Waals surface area contributed by atoms with Gasteiger partial charge in [0.1, 0.15) is 17.4 Å². The number of nitrogens with one attached hydrogen (secondary N) is 1. The number of aromatic nitrogens is 1. The van der Waals surface area contributed by atoms with Crippen LogP contribution in [0.1, 0.15) is 24.4 Å². The highest BCUT2D eigenvalue weighted by atomic mass is 79.9. The lowest BCUT2D eigenvalue weighted by atomic mass is 10.1. The van der Waals surface area contributed by atoms with Crippen LogP contribution in [0.25, 0.3) is 11.0 Å². The smallest absolute Gasteiger partial charge is 0.134 e. The van der Waals surface area contributed by atoms with Crippen LogP contribution in [0, 0.1) is 0 Å². The minimum atomic E-state index is -0.0528. The van der Waals surface area contributed by atoms with Crippen molar-refractivity contribution in [2.24, 2.45) is 0 Å². The lowest BCUT2D eigenvalue weighted by Gasteiger charge is -2.16. The number of rotatable bonds is 4. The largest absolute Gasteiger partial charge is 0.459 e. The van der Waals surface area contributed by atoms with E-state index in [1.807, 2.05) is 30.3 Å². The van der Waals surface area contributed by atoms with Gasteiger partial charge < -0.3 is 9.73 Å². The molecule has 2 heterocycles. The van der Waals surface area contributed by atoms with Crippen molar-refractivity contribution < 1.29 is 4.42 Å². The summed E-state index contributed by atoms with van der Waals surface area (Å²) in [6.45, 7) is 2.91. The minimum absolute atomic E-state index is 0.0528. The average Bonchev–Trinajstić information content (AvgIpc) is 2.89. The molecule has 0 radical (unpaired) electrons. The summed E-state index contributed by atoms with van der Waals surface area (Å²) in [5, 5.41) is 4.54. The molecule has 0 fully saturated rings. The van der Waals surface area contributed by atoms with E-state index < -0.39 is 0 Å². The molecule has 3 nitrogen and oxygen atoms in total. The van der Waals surface area contributed by atoms with Gasteiger partial charge in [0.15, 0.2) is 0 Å². The molecule has 1 unspecified atom stereocenters. The lowest BCUT2D eigenvalue weighted by Crippen LogP contribution is -2.22. The number of fused-ring (bicyclic) bond motifs is 1. The third-order valence-electron chi connectivity index (χ3n) is 3.20. The number of hydrogen-bond donors (Lipinski definition) is 1. The van der Waals surface area contributed by atoms with Crippen molar-refractivity contribution in [1.29, 1.82) is 0 Å². The number of nitrogens with zero attached hydrogens (tertiary/aromatic N) is 1. The molecule has 1 aromatic carbocycles. The first kappa shape index (κ1) is 13.3. The van der Waals surface area contributed by atoms with Crippen LogP contribution in [-0.4, -0.2) is 11.5 Å². The molecular weight excluding hydrogens is 316 g/mol. The Labute approximate surface area is 126 Å². The van der Waals surface area contributed by atoms with Crippen molar-refractivity contribution in [3.63, 3.8) is 0 Å². The molecular formula is C16H15BrN2O. The van der Waals surface area contributed by atoms with Gasteiger partial charge in [-0.1, -0.05) is 25.1 Å². The van der Waals surface area contributed by atoms with Crippen molar-refractivity contribution in [3.05, 3.63) is 64.6 Å². The highest BCUT2D eigenvalue weighted by Gasteiger charge is 2.20. The number of para-hydroxylation sites is 1. The summed E-state index contributed by atoms with van der Waals surface area (Å²) in [7, 11) is 0. The molecule has 0 saturated heterocycles. The Morgan fingerprint density at radius 2 is 2.10 bits per heavy atom. The molecule has 2 aromatic heterocycles. The fourth-order valence-corrected chi connectivity index (χ4v) is 2.78. The molecule has 3 aromatic rings. The standard InChI is InChI=1S/C16H15BrN2O/c1-2-18-16(15-12(17)7-5-9-19-15)14-10-11-6-3-4-8-13(11)20-14/h3-10,16,18H,2H2,1H3. The summed E-state index contributed by atoms with van der Waals surface area (Å²) in [6, 6.07) is 14.0. The van der Waals surface area contributed by atoms with Gasteiger partial charge in [-0.05, 0) is 46.7 Å². The maximum Gasteiger partial charge on any atom is 0.134 e. The Hall–Kier alpha value is -1.65. The fourth-order valence-electron chi connectivity index (χ4n) is 2.29. The van der Waals surface area contributed by atoms with E-state index in [0.717, 1.165) is 33.4 Å². The van der Waals surface area contributed by atoms with E-state index in [1.54, 1.807) is 6.20 Å². The summed E-state index contributed by atoms with van der Waals surface area (Å²) in [5.41, 5.74) is 1.84. The zero-order chi connectivity index (χ0) is 13.9.